The number of thiophene rings is 1. The molecule has 2 N–H and O–H groups in total. The molecule has 0 amide bonds. The van der Waals surface area contributed by atoms with E-state index in [4.69, 9.17) is 5.73 Å². The van der Waals surface area contributed by atoms with Gasteiger partial charge in [-0.3, -0.25) is 0 Å². The quantitative estimate of drug-likeness (QED) is 0.920. The summed E-state index contributed by atoms with van der Waals surface area (Å²) in [5.74, 6) is 0. The molecule has 14 heavy (non-hydrogen) atoms. The summed E-state index contributed by atoms with van der Waals surface area (Å²) in [6.45, 7) is 2.59. The Hall–Kier alpha value is -0.230. The van der Waals surface area contributed by atoms with Crippen molar-refractivity contribution in [3.05, 3.63) is 26.5 Å². The first kappa shape index (κ1) is 10.3. The van der Waals surface area contributed by atoms with Gasteiger partial charge in [-0.15, -0.1) is 22.7 Å². The van der Waals surface area contributed by atoms with Crippen LogP contribution in [0.1, 0.15) is 11.3 Å². The molecule has 2 aromatic heterocycles. The zero-order chi connectivity index (χ0) is 10.1. The maximum absolute atomic E-state index is 5.57. The Bertz CT molecular complexity index is 447. The Morgan fingerprint density at radius 3 is 2.86 bits per heavy atom. The van der Waals surface area contributed by atoms with E-state index in [-0.39, 0.29) is 0 Å². The van der Waals surface area contributed by atoms with Crippen LogP contribution in [0.25, 0.3) is 9.88 Å². The number of rotatable bonds is 2. The third kappa shape index (κ3) is 1.77. The molecule has 0 aliphatic heterocycles. The van der Waals surface area contributed by atoms with Gasteiger partial charge in [0.1, 0.15) is 5.01 Å². The van der Waals surface area contributed by atoms with Crippen LogP contribution < -0.4 is 5.73 Å². The Morgan fingerprint density at radius 1 is 1.57 bits per heavy atom. The van der Waals surface area contributed by atoms with Gasteiger partial charge in [-0.05, 0) is 39.9 Å². The monoisotopic (exact) mass is 288 g/mol. The molecule has 5 heteroatoms. The molecule has 0 unspecified atom stereocenters. The number of aromatic nitrogens is 1. The summed E-state index contributed by atoms with van der Waals surface area (Å²) < 4.78 is 1.04. The molecule has 0 atom stereocenters. The molecule has 0 aliphatic rings. The average molecular weight is 289 g/mol. The molecule has 0 saturated carbocycles. The van der Waals surface area contributed by atoms with E-state index in [2.05, 4.69) is 39.3 Å². The smallest absolute Gasteiger partial charge is 0.135 e. The Balaban J connectivity index is 2.47. The first-order valence-electron chi connectivity index (χ1n) is 4.12. The third-order valence-corrected chi connectivity index (χ3v) is 4.90. The Kier molecular flexibility index (Phi) is 3.02. The summed E-state index contributed by atoms with van der Waals surface area (Å²) in [5.41, 5.74) is 7.79. The van der Waals surface area contributed by atoms with Gasteiger partial charge < -0.3 is 5.73 Å². The van der Waals surface area contributed by atoms with Crippen molar-refractivity contribution < 1.29 is 0 Å². The van der Waals surface area contributed by atoms with Crippen LogP contribution >= 0.6 is 38.6 Å². The van der Waals surface area contributed by atoms with Gasteiger partial charge in [-0.2, -0.15) is 0 Å². The summed E-state index contributed by atoms with van der Waals surface area (Å²) >= 11 is 6.84. The number of halogens is 1. The lowest BCUT2D eigenvalue weighted by atomic mass is 10.3. The molecule has 0 aliphatic carbocycles. The molecule has 0 spiro atoms. The number of nitrogens with zero attached hydrogens (tertiary/aromatic N) is 1. The zero-order valence-electron chi connectivity index (χ0n) is 7.58. The molecule has 2 nitrogen and oxygen atoms in total. The minimum absolute atomic E-state index is 0.488. The Morgan fingerprint density at radius 2 is 2.36 bits per heavy atom. The summed E-state index contributed by atoms with van der Waals surface area (Å²) in [7, 11) is 0. The predicted octanol–water partition coefficient (Wildman–Crippen LogP) is 3.40. The average Bonchev–Trinajstić information content (AvgIpc) is 2.71. The van der Waals surface area contributed by atoms with E-state index >= 15 is 0 Å². The molecule has 0 bridgehead atoms. The molecule has 2 aromatic rings. The maximum atomic E-state index is 5.57. The lowest BCUT2D eigenvalue weighted by Gasteiger charge is -1.91. The van der Waals surface area contributed by atoms with Gasteiger partial charge in [-0.25, -0.2) is 4.98 Å². The number of hydrogen-bond donors (Lipinski definition) is 1. The van der Waals surface area contributed by atoms with Crippen LogP contribution in [0.4, 0.5) is 0 Å². The van der Waals surface area contributed by atoms with Gasteiger partial charge in [0.2, 0.25) is 0 Å². The van der Waals surface area contributed by atoms with E-state index in [9.17, 15) is 0 Å². The van der Waals surface area contributed by atoms with E-state index in [0.29, 0.717) is 6.54 Å². The van der Waals surface area contributed by atoms with Gasteiger partial charge in [-0.1, -0.05) is 0 Å². The molecular weight excluding hydrogens is 280 g/mol. The molecule has 0 aromatic carbocycles. The number of nitrogens with two attached hydrogens (primary N) is 1. The van der Waals surface area contributed by atoms with Crippen molar-refractivity contribution in [2.24, 2.45) is 5.73 Å². The highest BCUT2D eigenvalue weighted by Crippen LogP contribution is 2.36. The lowest BCUT2D eigenvalue weighted by molar-refractivity contribution is 1.01. The van der Waals surface area contributed by atoms with Gasteiger partial charge in [0.15, 0.2) is 0 Å². The molecule has 0 saturated heterocycles. The first-order chi connectivity index (χ1) is 6.72. The predicted molar refractivity (Wildman–Crippen MR) is 65.8 cm³/mol. The van der Waals surface area contributed by atoms with Gasteiger partial charge in [0.05, 0.1) is 14.4 Å². The van der Waals surface area contributed by atoms with E-state index in [1.165, 1.54) is 10.4 Å². The maximum Gasteiger partial charge on any atom is 0.135 e. The van der Waals surface area contributed by atoms with Gasteiger partial charge >= 0.3 is 0 Å². The minimum atomic E-state index is 0.488. The third-order valence-electron chi connectivity index (χ3n) is 1.90. The van der Waals surface area contributed by atoms with Crippen molar-refractivity contribution in [2.75, 3.05) is 0 Å². The van der Waals surface area contributed by atoms with Gasteiger partial charge in [0, 0.05) is 6.54 Å². The fraction of sp³-hybridized carbons (Fsp3) is 0.222. The minimum Gasteiger partial charge on any atom is -0.325 e. The second-order valence-corrected chi connectivity index (χ2v) is 6.11. The zero-order valence-corrected chi connectivity index (χ0v) is 10.8. The van der Waals surface area contributed by atoms with Crippen molar-refractivity contribution in [2.45, 2.75) is 13.5 Å². The topological polar surface area (TPSA) is 38.9 Å². The normalized spacial score (nSPS) is 10.8. The first-order valence-corrected chi connectivity index (χ1v) is 6.61. The van der Waals surface area contributed by atoms with Crippen LogP contribution in [0.3, 0.4) is 0 Å². The van der Waals surface area contributed by atoms with E-state index in [1.54, 1.807) is 22.7 Å². The molecule has 74 valence electrons. The SMILES string of the molecule is Cc1ccsc1-c1nc(CN)c(Br)s1. The summed E-state index contributed by atoms with van der Waals surface area (Å²) in [5, 5.41) is 3.15. The van der Waals surface area contributed by atoms with Crippen molar-refractivity contribution in [1.82, 2.24) is 4.98 Å². The Labute approximate surface area is 98.9 Å². The molecule has 2 rings (SSSR count). The molecular formula is C9H9BrN2S2. The van der Waals surface area contributed by atoms with Crippen molar-refractivity contribution in [1.29, 1.82) is 0 Å². The largest absolute Gasteiger partial charge is 0.325 e. The summed E-state index contributed by atoms with van der Waals surface area (Å²) in [6.07, 6.45) is 0. The van der Waals surface area contributed by atoms with Crippen LogP contribution in [-0.2, 0) is 6.54 Å². The van der Waals surface area contributed by atoms with Crippen LogP contribution in [0.15, 0.2) is 15.2 Å². The highest BCUT2D eigenvalue weighted by molar-refractivity contribution is 9.11. The number of aryl methyl sites for hydroxylation is 1. The summed E-state index contributed by atoms with van der Waals surface area (Å²) in [6, 6.07) is 2.11. The van der Waals surface area contributed by atoms with E-state index in [0.717, 1.165) is 14.5 Å². The van der Waals surface area contributed by atoms with Crippen molar-refractivity contribution in [3.63, 3.8) is 0 Å². The van der Waals surface area contributed by atoms with E-state index in [1.807, 2.05) is 0 Å². The second kappa shape index (κ2) is 4.10. The molecule has 2 heterocycles. The van der Waals surface area contributed by atoms with Crippen molar-refractivity contribution >= 4 is 38.6 Å². The molecule has 0 radical (unpaired) electrons. The molecule has 0 fully saturated rings. The van der Waals surface area contributed by atoms with Gasteiger partial charge in [0.25, 0.3) is 0 Å². The highest BCUT2D eigenvalue weighted by atomic mass is 79.9. The standard InChI is InChI=1S/C9H9BrN2S2/c1-5-2-3-13-7(5)9-12-6(4-11)8(10)14-9/h2-3H,4,11H2,1H3. The second-order valence-electron chi connectivity index (χ2n) is 2.88. The highest BCUT2D eigenvalue weighted by Gasteiger charge is 2.11. The fourth-order valence-corrected chi connectivity index (χ4v) is 3.76. The van der Waals surface area contributed by atoms with Crippen LogP contribution in [0, 0.1) is 6.92 Å². The van der Waals surface area contributed by atoms with Crippen LogP contribution in [0.2, 0.25) is 0 Å². The van der Waals surface area contributed by atoms with Crippen molar-refractivity contribution in [3.8, 4) is 9.88 Å². The van der Waals surface area contributed by atoms with Crippen LogP contribution in [0.5, 0.6) is 0 Å². The fourth-order valence-electron chi connectivity index (χ4n) is 1.15. The van der Waals surface area contributed by atoms with E-state index < -0.39 is 0 Å². The number of hydrogen-bond acceptors (Lipinski definition) is 4. The van der Waals surface area contributed by atoms with Crippen LogP contribution in [-0.4, -0.2) is 4.98 Å². The summed E-state index contributed by atoms with van der Waals surface area (Å²) in [4.78, 5) is 5.73. The number of thiazole rings is 1. The lowest BCUT2D eigenvalue weighted by Crippen LogP contribution is -1.96.